The molecule has 3 heterocycles. The van der Waals surface area contributed by atoms with Gasteiger partial charge < -0.3 is 9.30 Å². The van der Waals surface area contributed by atoms with E-state index in [9.17, 15) is 8.42 Å². The monoisotopic (exact) mass is 503 g/mol. The van der Waals surface area contributed by atoms with E-state index in [1.807, 2.05) is 12.1 Å². The van der Waals surface area contributed by atoms with E-state index in [4.69, 9.17) is 9.73 Å². The Bertz CT molecular complexity index is 1220. The fraction of sp³-hybridized carbons (Fsp3) is 0.458. The van der Waals surface area contributed by atoms with Crippen LogP contribution in [0.1, 0.15) is 32.1 Å². The molecule has 1 saturated heterocycles. The zero-order valence-corrected chi connectivity index (χ0v) is 21.0. The summed E-state index contributed by atoms with van der Waals surface area (Å²) in [6, 6.07) is 11.2. The van der Waals surface area contributed by atoms with Crippen molar-refractivity contribution in [3.63, 3.8) is 0 Å². The second kappa shape index (κ2) is 10.2. The van der Waals surface area contributed by atoms with E-state index in [2.05, 4.69) is 27.5 Å². The first-order valence-electron chi connectivity index (χ1n) is 11.6. The van der Waals surface area contributed by atoms with Crippen LogP contribution in [0, 0.1) is 5.92 Å². The van der Waals surface area contributed by atoms with Crippen molar-refractivity contribution >= 4 is 38.4 Å². The van der Waals surface area contributed by atoms with Gasteiger partial charge in [0.25, 0.3) is 0 Å². The Hall–Kier alpha value is -1.78. The van der Waals surface area contributed by atoms with Crippen LogP contribution < -0.4 is 4.80 Å². The number of sulfonamides is 1. The summed E-state index contributed by atoms with van der Waals surface area (Å²) in [5.74, 6) is 0.687. The second-order valence-corrected chi connectivity index (χ2v) is 12.3. The minimum Gasteiger partial charge on any atom is -0.379 e. The van der Waals surface area contributed by atoms with Crippen LogP contribution in [0.15, 0.2) is 57.0 Å². The van der Waals surface area contributed by atoms with E-state index >= 15 is 0 Å². The maximum Gasteiger partial charge on any atom is 0.243 e. The molecule has 0 radical (unpaired) electrons. The fourth-order valence-electron chi connectivity index (χ4n) is 4.58. The molecule has 5 rings (SSSR count). The lowest BCUT2D eigenvalue weighted by Crippen LogP contribution is -2.40. The number of rotatable bonds is 6. The minimum atomic E-state index is -3.49. The van der Waals surface area contributed by atoms with Crippen molar-refractivity contribution in [2.45, 2.75) is 43.5 Å². The highest BCUT2D eigenvalue weighted by atomic mass is 32.2. The number of hydrogen-bond donors (Lipinski definition) is 0. The summed E-state index contributed by atoms with van der Waals surface area (Å²) in [6.07, 6.45) is 6.53. The number of ether oxygens (including phenoxy) is 1. The van der Waals surface area contributed by atoms with Crippen molar-refractivity contribution in [1.29, 1.82) is 0 Å². The van der Waals surface area contributed by atoms with E-state index in [0.29, 0.717) is 37.1 Å². The lowest BCUT2D eigenvalue weighted by Gasteiger charge is -2.26. The fourth-order valence-corrected chi connectivity index (χ4v) is 7.75. The normalized spacial score (nSPS) is 19.2. The maximum absolute atomic E-state index is 12.9. The summed E-state index contributed by atoms with van der Waals surface area (Å²) < 4.78 is 35.0. The summed E-state index contributed by atoms with van der Waals surface area (Å²) in [6.45, 7) is 2.67. The Kier molecular flexibility index (Phi) is 7.13. The van der Waals surface area contributed by atoms with E-state index in [1.54, 1.807) is 34.8 Å². The van der Waals surface area contributed by atoms with Crippen molar-refractivity contribution in [3.05, 3.63) is 52.0 Å². The predicted molar refractivity (Wildman–Crippen MR) is 133 cm³/mol. The highest BCUT2D eigenvalue weighted by Gasteiger charge is 2.26. The molecule has 0 atom stereocenters. The average Bonchev–Trinajstić information content (AvgIpc) is 3.51. The van der Waals surface area contributed by atoms with E-state index in [1.165, 1.54) is 47.0 Å². The standard InChI is InChI=1S/C24H29N3O3S3/c28-33(29,26-12-14-30-15-13-26)21-10-8-20(9-11-21)25-24-27(17-19-5-2-1-3-6-19)22(18-32-24)23-7-4-16-31-23/h4,7-11,16,18-19H,1-3,5-6,12-15,17H2. The van der Waals surface area contributed by atoms with Gasteiger partial charge in [-0.15, -0.1) is 22.7 Å². The minimum absolute atomic E-state index is 0.309. The van der Waals surface area contributed by atoms with Gasteiger partial charge in [-0.2, -0.15) is 4.31 Å². The van der Waals surface area contributed by atoms with Crippen molar-refractivity contribution in [2.75, 3.05) is 26.3 Å². The Labute approximate surface area is 203 Å². The van der Waals surface area contributed by atoms with Crippen LogP contribution in [0.25, 0.3) is 10.6 Å². The van der Waals surface area contributed by atoms with Gasteiger partial charge in [-0.25, -0.2) is 13.4 Å². The second-order valence-electron chi connectivity index (χ2n) is 8.62. The van der Waals surface area contributed by atoms with Crippen LogP contribution in [-0.2, 0) is 21.3 Å². The third kappa shape index (κ3) is 5.17. The highest BCUT2D eigenvalue weighted by Crippen LogP contribution is 2.30. The summed E-state index contributed by atoms with van der Waals surface area (Å²) in [5, 5.41) is 4.31. The third-order valence-corrected chi connectivity index (χ3v) is 10.1. The Morgan fingerprint density at radius 1 is 1.00 bits per heavy atom. The van der Waals surface area contributed by atoms with Gasteiger partial charge >= 0.3 is 0 Å². The van der Waals surface area contributed by atoms with E-state index in [0.717, 1.165) is 17.0 Å². The van der Waals surface area contributed by atoms with Crippen LogP contribution in [0.2, 0.25) is 0 Å². The molecule has 0 bridgehead atoms. The molecule has 1 aromatic carbocycles. The van der Waals surface area contributed by atoms with Gasteiger partial charge in [0.2, 0.25) is 10.0 Å². The van der Waals surface area contributed by atoms with Crippen LogP contribution in [0.5, 0.6) is 0 Å². The first kappa shape index (κ1) is 23.0. The summed E-state index contributed by atoms with van der Waals surface area (Å²) in [5.41, 5.74) is 2.00. The third-order valence-electron chi connectivity index (χ3n) is 6.41. The lowest BCUT2D eigenvalue weighted by molar-refractivity contribution is 0.0730. The average molecular weight is 504 g/mol. The molecule has 1 aliphatic heterocycles. The highest BCUT2D eigenvalue weighted by molar-refractivity contribution is 7.89. The number of morpholine rings is 1. The maximum atomic E-state index is 12.9. The smallest absolute Gasteiger partial charge is 0.243 e. The quantitative estimate of drug-likeness (QED) is 0.469. The van der Waals surface area contributed by atoms with Crippen LogP contribution in [0.3, 0.4) is 0 Å². The number of benzene rings is 1. The molecule has 176 valence electrons. The molecule has 2 fully saturated rings. The van der Waals surface area contributed by atoms with Crippen molar-refractivity contribution < 1.29 is 13.2 Å². The summed E-state index contributed by atoms with van der Waals surface area (Å²) in [7, 11) is -3.49. The molecule has 9 heteroatoms. The first-order valence-corrected chi connectivity index (χ1v) is 14.8. The molecule has 2 aliphatic rings. The van der Waals surface area contributed by atoms with Gasteiger partial charge in [-0.1, -0.05) is 25.3 Å². The first-order chi connectivity index (χ1) is 16.1. The van der Waals surface area contributed by atoms with Crippen molar-refractivity contribution in [3.8, 4) is 10.6 Å². The van der Waals surface area contributed by atoms with Crippen LogP contribution >= 0.6 is 22.7 Å². The predicted octanol–water partition coefficient (Wildman–Crippen LogP) is 5.11. The topological polar surface area (TPSA) is 63.9 Å². The molecule has 1 aliphatic carbocycles. The van der Waals surface area contributed by atoms with Gasteiger partial charge in [0.15, 0.2) is 4.80 Å². The zero-order chi connectivity index (χ0) is 22.7. The molecule has 3 aromatic rings. The van der Waals surface area contributed by atoms with Crippen molar-refractivity contribution in [1.82, 2.24) is 8.87 Å². The van der Waals surface area contributed by atoms with Crippen molar-refractivity contribution in [2.24, 2.45) is 10.9 Å². The summed E-state index contributed by atoms with van der Waals surface area (Å²) in [4.78, 5) is 7.46. The molecule has 0 amide bonds. The van der Waals surface area contributed by atoms with Crippen LogP contribution in [0.4, 0.5) is 5.69 Å². The molecular formula is C24H29N3O3S3. The van der Waals surface area contributed by atoms with Crippen LogP contribution in [-0.4, -0.2) is 43.6 Å². The number of nitrogens with zero attached hydrogens (tertiary/aromatic N) is 3. The van der Waals surface area contributed by atoms with E-state index < -0.39 is 10.0 Å². The van der Waals surface area contributed by atoms with Gasteiger partial charge in [0.05, 0.1) is 34.4 Å². The zero-order valence-electron chi connectivity index (χ0n) is 18.6. The number of aromatic nitrogens is 1. The molecule has 0 unspecified atom stereocenters. The molecule has 1 saturated carbocycles. The van der Waals surface area contributed by atoms with Gasteiger partial charge in [-0.05, 0) is 54.5 Å². The Morgan fingerprint density at radius 2 is 1.76 bits per heavy atom. The van der Waals surface area contributed by atoms with Gasteiger partial charge in [0, 0.05) is 25.0 Å². The number of thiazole rings is 1. The molecule has 33 heavy (non-hydrogen) atoms. The largest absolute Gasteiger partial charge is 0.379 e. The Balaban J connectivity index is 1.45. The summed E-state index contributed by atoms with van der Waals surface area (Å²) >= 11 is 3.41. The SMILES string of the molecule is O=S(=O)(c1ccc(N=c2scc(-c3cccs3)n2CC2CCCCC2)cc1)N1CCOCC1. The molecule has 6 nitrogen and oxygen atoms in total. The van der Waals surface area contributed by atoms with E-state index in [-0.39, 0.29) is 0 Å². The van der Waals surface area contributed by atoms with Gasteiger partial charge in [0.1, 0.15) is 0 Å². The lowest BCUT2D eigenvalue weighted by atomic mass is 9.89. The molecule has 0 N–H and O–H groups in total. The number of hydrogen-bond acceptors (Lipinski definition) is 6. The van der Waals surface area contributed by atoms with Gasteiger partial charge in [-0.3, -0.25) is 0 Å². The number of thiophene rings is 1. The molecule has 2 aromatic heterocycles. The molecule has 0 spiro atoms. The Morgan fingerprint density at radius 3 is 2.45 bits per heavy atom. The molecular weight excluding hydrogens is 474 g/mol.